The maximum Gasteiger partial charge on any atom is 0.250 e. The van der Waals surface area contributed by atoms with Crippen LogP contribution < -0.4 is 10.6 Å². The van der Waals surface area contributed by atoms with Crippen molar-refractivity contribution in [2.24, 2.45) is 5.73 Å². The summed E-state index contributed by atoms with van der Waals surface area (Å²) in [5, 5.41) is 0. The number of carbonyl (C=O) groups excluding carboxylic acids is 1. The van der Waals surface area contributed by atoms with Crippen molar-refractivity contribution in [3.63, 3.8) is 0 Å². The lowest BCUT2D eigenvalue weighted by molar-refractivity contribution is 0.100. The first-order valence-electron chi connectivity index (χ1n) is 9.78. The summed E-state index contributed by atoms with van der Waals surface area (Å²) in [6, 6.07) is 14.3. The van der Waals surface area contributed by atoms with Crippen molar-refractivity contribution < 1.29 is 4.79 Å². The van der Waals surface area contributed by atoms with Crippen molar-refractivity contribution in [2.75, 3.05) is 38.6 Å². The molecule has 1 fully saturated rings. The second kappa shape index (κ2) is 7.64. The standard InChI is InChI=1S/C22H27N5O/c1-26(2)17-8-6-15(7-9-17)10-12-27-13-11-16(14-27)22-24-19-5-3-4-18(21(23)28)20(19)25-22/h3-9,16H,10-14H2,1-2H3,(H2,23,28)(H,24,25). The number of benzene rings is 2. The molecule has 1 unspecified atom stereocenters. The number of carbonyl (C=O) groups is 1. The van der Waals surface area contributed by atoms with Crippen molar-refractivity contribution in [1.82, 2.24) is 14.9 Å². The van der Waals surface area contributed by atoms with Gasteiger partial charge in [-0.3, -0.25) is 4.79 Å². The van der Waals surface area contributed by atoms with Crippen molar-refractivity contribution in [3.05, 3.63) is 59.4 Å². The molecule has 1 atom stereocenters. The van der Waals surface area contributed by atoms with Crippen LogP contribution in [0.25, 0.3) is 11.0 Å². The molecule has 1 aliphatic rings. The van der Waals surface area contributed by atoms with Gasteiger partial charge >= 0.3 is 0 Å². The molecule has 1 aromatic heterocycles. The van der Waals surface area contributed by atoms with Crippen molar-refractivity contribution in [1.29, 1.82) is 0 Å². The maximum absolute atomic E-state index is 11.6. The van der Waals surface area contributed by atoms with Gasteiger partial charge in [-0.15, -0.1) is 0 Å². The number of H-pyrrole nitrogens is 1. The minimum absolute atomic E-state index is 0.365. The molecule has 0 aliphatic carbocycles. The Kier molecular flexibility index (Phi) is 5.05. The Morgan fingerprint density at radius 1 is 1.25 bits per heavy atom. The number of nitrogens with one attached hydrogen (secondary N) is 1. The van der Waals surface area contributed by atoms with Crippen LogP contribution in [0, 0.1) is 0 Å². The molecule has 146 valence electrons. The van der Waals surface area contributed by atoms with Crippen molar-refractivity contribution in [2.45, 2.75) is 18.8 Å². The molecule has 0 bridgehead atoms. The van der Waals surface area contributed by atoms with Gasteiger partial charge in [0.15, 0.2) is 0 Å². The lowest BCUT2D eigenvalue weighted by Crippen LogP contribution is -2.23. The van der Waals surface area contributed by atoms with E-state index in [-0.39, 0.29) is 0 Å². The Bertz CT molecular complexity index is 976. The fourth-order valence-electron chi connectivity index (χ4n) is 3.95. The SMILES string of the molecule is CN(C)c1ccc(CCN2CCC(c3nc4c(C(N)=O)cccc4[nH]3)C2)cc1. The molecule has 3 N–H and O–H groups in total. The average Bonchev–Trinajstić information content (AvgIpc) is 3.32. The van der Waals surface area contributed by atoms with Crippen LogP contribution in [-0.2, 0) is 6.42 Å². The molecule has 0 saturated carbocycles. The van der Waals surface area contributed by atoms with E-state index >= 15 is 0 Å². The van der Waals surface area contributed by atoms with E-state index in [4.69, 9.17) is 10.7 Å². The predicted molar refractivity (Wildman–Crippen MR) is 113 cm³/mol. The fraction of sp³-hybridized carbons (Fsp3) is 0.364. The third-order valence-electron chi connectivity index (χ3n) is 5.62. The van der Waals surface area contributed by atoms with Gasteiger partial charge in [0.2, 0.25) is 0 Å². The number of amides is 1. The number of anilines is 1. The molecule has 2 aromatic carbocycles. The minimum Gasteiger partial charge on any atom is -0.378 e. The molecule has 0 spiro atoms. The number of imidazole rings is 1. The van der Waals surface area contributed by atoms with Gasteiger partial charge in [-0.25, -0.2) is 4.98 Å². The number of hydrogen-bond acceptors (Lipinski definition) is 4. The lowest BCUT2D eigenvalue weighted by Gasteiger charge is -2.16. The molecule has 4 rings (SSSR count). The highest BCUT2D eigenvalue weighted by molar-refractivity contribution is 6.04. The van der Waals surface area contributed by atoms with Gasteiger partial charge in [0.05, 0.1) is 11.1 Å². The van der Waals surface area contributed by atoms with Gasteiger partial charge in [0.25, 0.3) is 5.91 Å². The minimum atomic E-state index is -0.433. The quantitative estimate of drug-likeness (QED) is 0.692. The van der Waals surface area contributed by atoms with Crippen LogP contribution in [0.5, 0.6) is 0 Å². The zero-order valence-electron chi connectivity index (χ0n) is 16.5. The van der Waals surface area contributed by atoms with E-state index in [1.165, 1.54) is 11.3 Å². The Balaban J connectivity index is 1.39. The summed E-state index contributed by atoms with van der Waals surface area (Å²) in [6.45, 7) is 3.10. The summed E-state index contributed by atoms with van der Waals surface area (Å²) in [7, 11) is 4.12. The molecule has 3 aromatic rings. The number of nitrogens with zero attached hydrogens (tertiary/aromatic N) is 3. The number of likely N-dealkylation sites (tertiary alicyclic amines) is 1. The number of rotatable bonds is 6. The topological polar surface area (TPSA) is 78.2 Å². The van der Waals surface area contributed by atoms with Gasteiger partial charge in [0, 0.05) is 38.8 Å². The summed E-state index contributed by atoms with van der Waals surface area (Å²) in [4.78, 5) is 24.3. The van der Waals surface area contributed by atoms with Gasteiger partial charge in [-0.05, 0) is 49.2 Å². The molecule has 0 radical (unpaired) electrons. The van der Waals surface area contributed by atoms with E-state index in [1.54, 1.807) is 6.07 Å². The summed E-state index contributed by atoms with van der Waals surface area (Å²) in [5.74, 6) is 0.891. The zero-order valence-corrected chi connectivity index (χ0v) is 16.5. The summed E-state index contributed by atoms with van der Waals surface area (Å²) in [6.07, 6.45) is 2.12. The van der Waals surface area contributed by atoms with Crippen LogP contribution in [0.2, 0.25) is 0 Å². The van der Waals surface area contributed by atoms with E-state index in [2.05, 4.69) is 53.1 Å². The molecule has 2 heterocycles. The van der Waals surface area contributed by atoms with Crippen LogP contribution in [0.1, 0.15) is 34.1 Å². The number of para-hydroxylation sites is 1. The van der Waals surface area contributed by atoms with Gasteiger partial charge in [-0.2, -0.15) is 0 Å². The normalized spacial score (nSPS) is 17.3. The summed E-state index contributed by atoms with van der Waals surface area (Å²) in [5.41, 5.74) is 10.1. The van der Waals surface area contributed by atoms with Crippen LogP contribution in [-0.4, -0.2) is 54.5 Å². The van der Waals surface area contributed by atoms with E-state index in [1.807, 2.05) is 12.1 Å². The molecule has 1 saturated heterocycles. The monoisotopic (exact) mass is 377 g/mol. The zero-order chi connectivity index (χ0) is 19.7. The first-order chi connectivity index (χ1) is 13.5. The third-order valence-corrected chi connectivity index (χ3v) is 5.62. The van der Waals surface area contributed by atoms with E-state index in [0.29, 0.717) is 17.0 Å². The highest BCUT2D eigenvalue weighted by Crippen LogP contribution is 2.28. The number of nitrogens with two attached hydrogens (primary N) is 1. The molecule has 6 nitrogen and oxygen atoms in total. The number of aromatic nitrogens is 2. The molecular weight excluding hydrogens is 350 g/mol. The van der Waals surface area contributed by atoms with Gasteiger partial charge < -0.3 is 20.5 Å². The van der Waals surface area contributed by atoms with Crippen molar-refractivity contribution in [3.8, 4) is 0 Å². The van der Waals surface area contributed by atoms with E-state index < -0.39 is 5.91 Å². The van der Waals surface area contributed by atoms with Gasteiger partial charge in [0.1, 0.15) is 11.3 Å². The highest BCUT2D eigenvalue weighted by Gasteiger charge is 2.26. The number of primary amides is 1. The van der Waals surface area contributed by atoms with Crippen LogP contribution in [0.4, 0.5) is 5.69 Å². The van der Waals surface area contributed by atoms with Gasteiger partial charge in [-0.1, -0.05) is 18.2 Å². The Hall–Kier alpha value is -2.86. The number of fused-ring (bicyclic) bond motifs is 1. The second-order valence-electron chi connectivity index (χ2n) is 7.79. The van der Waals surface area contributed by atoms with Crippen LogP contribution >= 0.6 is 0 Å². The van der Waals surface area contributed by atoms with E-state index in [0.717, 1.165) is 43.8 Å². The molecule has 1 amide bonds. The number of aromatic amines is 1. The second-order valence-corrected chi connectivity index (χ2v) is 7.79. The molecule has 1 aliphatic heterocycles. The predicted octanol–water partition coefficient (Wildman–Crippen LogP) is 2.76. The summed E-state index contributed by atoms with van der Waals surface area (Å²) >= 11 is 0. The number of hydrogen-bond donors (Lipinski definition) is 2. The maximum atomic E-state index is 11.6. The average molecular weight is 377 g/mol. The Morgan fingerprint density at radius 2 is 2.04 bits per heavy atom. The molecule has 6 heteroatoms. The van der Waals surface area contributed by atoms with Crippen LogP contribution in [0.15, 0.2) is 42.5 Å². The lowest BCUT2D eigenvalue weighted by atomic mass is 10.1. The highest BCUT2D eigenvalue weighted by atomic mass is 16.1. The summed E-state index contributed by atoms with van der Waals surface area (Å²) < 4.78 is 0. The largest absolute Gasteiger partial charge is 0.378 e. The Morgan fingerprint density at radius 3 is 2.75 bits per heavy atom. The Labute approximate surface area is 165 Å². The molecule has 28 heavy (non-hydrogen) atoms. The first kappa shape index (κ1) is 18.5. The first-order valence-corrected chi connectivity index (χ1v) is 9.78. The molecular formula is C22H27N5O. The van der Waals surface area contributed by atoms with Crippen LogP contribution in [0.3, 0.4) is 0 Å². The fourth-order valence-corrected chi connectivity index (χ4v) is 3.95. The van der Waals surface area contributed by atoms with E-state index in [9.17, 15) is 4.79 Å². The third kappa shape index (κ3) is 3.73. The van der Waals surface area contributed by atoms with Crippen molar-refractivity contribution >= 4 is 22.6 Å². The smallest absolute Gasteiger partial charge is 0.250 e.